The molecule has 1 unspecified atom stereocenters. The van der Waals surface area contributed by atoms with Crippen molar-refractivity contribution in [3.8, 4) is 0 Å². The molecule has 1 heterocycles. The summed E-state index contributed by atoms with van der Waals surface area (Å²) in [5.74, 6) is 2.04. The van der Waals surface area contributed by atoms with Crippen molar-refractivity contribution >= 4 is 17.7 Å². The third-order valence-electron chi connectivity index (χ3n) is 2.46. The molecule has 0 aromatic heterocycles. The Labute approximate surface area is 102 Å². The molecule has 0 bridgehead atoms. The van der Waals surface area contributed by atoms with Crippen LogP contribution in [0.2, 0.25) is 0 Å². The topological polar surface area (TPSA) is 50.4 Å². The van der Waals surface area contributed by atoms with Crippen LogP contribution in [0.4, 0.5) is 0 Å². The number of nitrogens with one attached hydrogen (secondary N) is 2. The fourth-order valence-corrected chi connectivity index (χ4v) is 2.53. The van der Waals surface area contributed by atoms with E-state index < -0.39 is 0 Å². The first kappa shape index (κ1) is 13.8. The Balaban J connectivity index is 2.28. The fraction of sp³-hybridized carbons (Fsp3) is 0.909. The summed E-state index contributed by atoms with van der Waals surface area (Å²) in [6.45, 7) is 8.07. The van der Waals surface area contributed by atoms with Gasteiger partial charge in [-0.2, -0.15) is 11.8 Å². The van der Waals surface area contributed by atoms with Gasteiger partial charge in [-0.1, -0.05) is 0 Å². The molecule has 94 valence electrons. The molecule has 1 saturated heterocycles. The van der Waals surface area contributed by atoms with Crippen LogP contribution < -0.4 is 10.6 Å². The molecule has 1 aliphatic heterocycles. The Morgan fingerprint density at radius 3 is 2.94 bits per heavy atom. The third-order valence-corrected chi connectivity index (χ3v) is 3.52. The first-order valence-electron chi connectivity index (χ1n) is 5.78. The van der Waals surface area contributed by atoms with Crippen LogP contribution in [0.15, 0.2) is 0 Å². The summed E-state index contributed by atoms with van der Waals surface area (Å²) in [4.78, 5) is 11.8. The van der Waals surface area contributed by atoms with Crippen molar-refractivity contribution in [3.63, 3.8) is 0 Å². The van der Waals surface area contributed by atoms with Crippen LogP contribution in [0.1, 0.15) is 20.8 Å². The maximum absolute atomic E-state index is 11.8. The molecule has 0 aliphatic carbocycles. The van der Waals surface area contributed by atoms with E-state index in [2.05, 4.69) is 10.6 Å². The number of rotatable bonds is 5. The molecule has 1 aliphatic rings. The maximum Gasteiger partial charge on any atom is 0.238 e. The third kappa shape index (κ3) is 4.72. The lowest BCUT2D eigenvalue weighted by Gasteiger charge is -2.27. The summed E-state index contributed by atoms with van der Waals surface area (Å²) < 4.78 is 5.53. The highest BCUT2D eigenvalue weighted by Gasteiger charge is 2.24. The molecule has 1 amide bonds. The van der Waals surface area contributed by atoms with Gasteiger partial charge in [-0.15, -0.1) is 0 Å². The van der Waals surface area contributed by atoms with E-state index in [0.717, 1.165) is 18.1 Å². The molecule has 1 rings (SSSR count). The van der Waals surface area contributed by atoms with E-state index in [-0.39, 0.29) is 17.6 Å². The molecular formula is C11H22N2O2S. The molecule has 16 heavy (non-hydrogen) atoms. The van der Waals surface area contributed by atoms with Gasteiger partial charge in [-0.3, -0.25) is 4.79 Å². The molecule has 1 fully saturated rings. The predicted octanol–water partition coefficient (Wildman–Crippen LogP) is 0.623. The summed E-state index contributed by atoms with van der Waals surface area (Å²) in [6.07, 6.45) is 0. The number of carbonyl (C=O) groups is 1. The van der Waals surface area contributed by atoms with Gasteiger partial charge in [-0.05, 0) is 20.8 Å². The molecule has 2 N–H and O–H groups in total. The van der Waals surface area contributed by atoms with Crippen LogP contribution in [0, 0.1) is 0 Å². The standard InChI is InChI=1S/C11H22N2O2S/c1-4-15-11(2,3)8-13-10(14)9-7-16-6-5-12-9/h9,12H,4-8H2,1-3H3,(H,13,14). The summed E-state index contributed by atoms with van der Waals surface area (Å²) in [7, 11) is 0. The van der Waals surface area contributed by atoms with Crippen molar-refractivity contribution in [2.75, 3.05) is 31.2 Å². The number of hydrogen-bond donors (Lipinski definition) is 2. The van der Waals surface area contributed by atoms with Gasteiger partial charge in [0.1, 0.15) is 0 Å². The molecular weight excluding hydrogens is 224 g/mol. The highest BCUT2D eigenvalue weighted by molar-refractivity contribution is 7.99. The molecule has 0 radical (unpaired) electrons. The zero-order chi connectivity index (χ0) is 12.0. The molecule has 4 nitrogen and oxygen atoms in total. The molecule has 5 heteroatoms. The lowest BCUT2D eigenvalue weighted by molar-refractivity contribution is -0.124. The van der Waals surface area contributed by atoms with Crippen molar-refractivity contribution in [3.05, 3.63) is 0 Å². The van der Waals surface area contributed by atoms with E-state index in [1.54, 1.807) is 0 Å². The van der Waals surface area contributed by atoms with Gasteiger partial charge >= 0.3 is 0 Å². The molecule has 0 spiro atoms. The molecule has 0 aromatic carbocycles. The van der Waals surface area contributed by atoms with Crippen molar-refractivity contribution in [1.29, 1.82) is 0 Å². The number of ether oxygens (including phenoxy) is 1. The van der Waals surface area contributed by atoms with Crippen LogP contribution in [-0.2, 0) is 9.53 Å². The van der Waals surface area contributed by atoms with Gasteiger partial charge in [0.2, 0.25) is 5.91 Å². The summed E-state index contributed by atoms with van der Waals surface area (Å²) >= 11 is 1.82. The van der Waals surface area contributed by atoms with Gasteiger partial charge in [0, 0.05) is 31.2 Å². The van der Waals surface area contributed by atoms with Crippen LogP contribution in [0.25, 0.3) is 0 Å². The van der Waals surface area contributed by atoms with E-state index in [1.807, 2.05) is 32.5 Å². The fourth-order valence-electron chi connectivity index (χ4n) is 1.60. The van der Waals surface area contributed by atoms with Crippen LogP contribution in [-0.4, -0.2) is 48.8 Å². The summed E-state index contributed by atoms with van der Waals surface area (Å²) in [5, 5.41) is 6.15. The van der Waals surface area contributed by atoms with Crippen molar-refractivity contribution < 1.29 is 9.53 Å². The largest absolute Gasteiger partial charge is 0.374 e. The minimum atomic E-state index is -0.285. The van der Waals surface area contributed by atoms with E-state index >= 15 is 0 Å². The Kier molecular flexibility index (Phi) is 5.58. The average molecular weight is 246 g/mol. The number of carbonyl (C=O) groups excluding carboxylic acids is 1. The Morgan fingerprint density at radius 1 is 1.62 bits per heavy atom. The van der Waals surface area contributed by atoms with Gasteiger partial charge < -0.3 is 15.4 Å². The molecule has 0 saturated carbocycles. The quantitative estimate of drug-likeness (QED) is 0.747. The molecule has 1 atom stereocenters. The first-order valence-corrected chi connectivity index (χ1v) is 6.93. The smallest absolute Gasteiger partial charge is 0.238 e. The highest BCUT2D eigenvalue weighted by atomic mass is 32.2. The second-order valence-electron chi connectivity index (χ2n) is 4.49. The number of amides is 1. The SMILES string of the molecule is CCOC(C)(C)CNC(=O)C1CSCCN1. The Hall–Kier alpha value is -0.260. The van der Waals surface area contributed by atoms with Gasteiger partial charge in [0.25, 0.3) is 0 Å². The zero-order valence-corrected chi connectivity index (χ0v) is 11.2. The summed E-state index contributed by atoms with van der Waals surface area (Å²) in [5.41, 5.74) is -0.285. The van der Waals surface area contributed by atoms with Crippen molar-refractivity contribution in [2.24, 2.45) is 0 Å². The first-order chi connectivity index (χ1) is 7.55. The predicted molar refractivity (Wildman–Crippen MR) is 67.8 cm³/mol. The zero-order valence-electron chi connectivity index (χ0n) is 10.3. The second kappa shape index (κ2) is 6.47. The lowest BCUT2D eigenvalue weighted by atomic mass is 10.1. The molecule has 0 aromatic rings. The van der Waals surface area contributed by atoms with Crippen LogP contribution >= 0.6 is 11.8 Å². The lowest BCUT2D eigenvalue weighted by Crippen LogP contribution is -2.51. The van der Waals surface area contributed by atoms with Crippen molar-refractivity contribution in [1.82, 2.24) is 10.6 Å². The number of hydrogen-bond acceptors (Lipinski definition) is 4. The minimum Gasteiger partial charge on any atom is -0.374 e. The normalized spacial score (nSPS) is 21.8. The van der Waals surface area contributed by atoms with Gasteiger partial charge in [0.15, 0.2) is 0 Å². The van der Waals surface area contributed by atoms with E-state index in [1.165, 1.54) is 0 Å². The van der Waals surface area contributed by atoms with Crippen LogP contribution in [0.3, 0.4) is 0 Å². The van der Waals surface area contributed by atoms with Crippen LogP contribution in [0.5, 0.6) is 0 Å². The van der Waals surface area contributed by atoms with E-state index in [9.17, 15) is 4.79 Å². The monoisotopic (exact) mass is 246 g/mol. The second-order valence-corrected chi connectivity index (χ2v) is 5.64. The minimum absolute atomic E-state index is 0.0452. The highest BCUT2D eigenvalue weighted by Crippen LogP contribution is 2.09. The van der Waals surface area contributed by atoms with E-state index in [0.29, 0.717) is 13.2 Å². The Bertz CT molecular complexity index is 228. The van der Waals surface area contributed by atoms with Gasteiger partial charge in [0.05, 0.1) is 11.6 Å². The Morgan fingerprint density at radius 2 is 2.38 bits per heavy atom. The number of thioether (sulfide) groups is 1. The summed E-state index contributed by atoms with van der Waals surface area (Å²) in [6, 6.07) is -0.0452. The average Bonchev–Trinajstić information content (AvgIpc) is 2.27. The maximum atomic E-state index is 11.8. The van der Waals surface area contributed by atoms with Gasteiger partial charge in [-0.25, -0.2) is 0 Å². The van der Waals surface area contributed by atoms with Crippen molar-refractivity contribution in [2.45, 2.75) is 32.4 Å². The van der Waals surface area contributed by atoms with E-state index in [4.69, 9.17) is 4.74 Å².